The van der Waals surface area contributed by atoms with Gasteiger partial charge in [-0.3, -0.25) is 0 Å². The summed E-state index contributed by atoms with van der Waals surface area (Å²) in [6.07, 6.45) is 1.24. The molecule has 0 heterocycles. The molecular formula is C14H36N4. The summed E-state index contributed by atoms with van der Waals surface area (Å²) in [6.45, 7) is 14.1. The van der Waals surface area contributed by atoms with E-state index in [0.717, 1.165) is 32.7 Å². The van der Waals surface area contributed by atoms with Gasteiger partial charge in [0.25, 0.3) is 0 Å². The van der Waals surface area contributed by atoms with Gasteiger partial charge in [-0.15, -0.1) is 0 Å². The van der Waals surface area contributed by atoms with Gasteiger partial charge in [-0.2, -0.15) is 0 Å². The molecule has 0 saturated heterocycles. The van der Waals surface area contributed by atoms with Crippen molar-refractivity contribution in [2.24, 2.45) is 0 Å². The molecule has 0 amide bonds. The summed E-state index contributed by atoms with van der Waals surface area (Å²) in [6, 6.07) is 0. The molecule has 0 saturated carbocycles. The van der Waals surface area contributed by atoms with Crippen LogP contribution in [0.1, 0.15) is 27.2 Å². The standard InChI is InChI=1S/C12H30N4.C2H6/c1-5-9-15(3)11-12-16(4)10-8-14-7-6-13-2;1-2/h13-14H,5-12H2,1-4H3;1-2H3. The minimum Gasteiger partial charge on any atom is -0.318 e. The largest absolute Gasteiger partial charge is 0.318 e. The Labute approximate surface area is 115 Å². The minimum absolute atomic E-state index is 1.04. The van der Waals surface area contributed by atoms with Gasteiger partial charge in [0.2, 0.25) is 0 Å². The van der Waals surface area contributed by atoms with E-state index in [4.69, 9.17) is 0 Å². The average Bonchev–Trinajstić information content (AvgIpc) is 2.39. The number of hydrogen-bond donors (Lipinski definition) is 2. The molecule has 4 nitrogen and oxygen atoms in total. The highest BCUT2D eigenvalue weighted by Gasteiger charge is 2.00. The van der Waals surface area contributed by atoms with Crippen molar-refractivity contribution in [1.82, 2.24) is 20.4 Å². The highest BCUT2D eigenvalue weighted by Crippen LogP contribution is 1.88. The fourth-order valence-corrected chi connectivity index (χ4v) is 1.56. The predicted molar refractivity (Wildman–Crippen MR) is 83.4 cm³/mol. The number of hydrogen-bond acceptors (Lipinski definition) is 4. The van der Waals surface area contributed by atoms with Crippen LogP contribution in [0, 0.1) is 0 Å². The Morgan fingerprint density at radius 1 is 0.778 bits per heavy atom. The van der Waals surface area contributed by atoms with Crippen molar-refractivity contribution >= 4 is 0 Å². The van der Waals surface area contributed by atoms with Crippen molar-refractivity contribution in [2.75, 3.05) is 67.0 Å². The molecule has 0 spiro atoms. The maximum Gasteiger partial charge on any atom is 0.0107 e. The Morgan fingerprint density at radius 2 is 1.33 bits per heavy atom. The van der Waals surface area contributed by atoms with Crippen molar-refractivity contribution < 1.29 is 0 Å². The highest BCUT2D eigenvalue weighted by atomic mass is 15.2. The van der Waals surface area contributed by atoms with Crippen LogP contribution in [-0.2, 0) is 0 Å². The van der Waals surface area contributed by atoms with E-state index in [1.54, 1.807) is 0 Å². The Bertz CT molecular complexity index is 142. The van der Waals surface area contributed by atoms with Gasteiger partial charge >= 0.3 is 0 Å². The maximum absolute atomic E-state index is 3.41. The molecule has 0 aliphatic heterocycles. The molecular weight excluding hydrogens is 224 g/mol. The molecule has 0 aromatic carbocycles. The maximum atomic E-state index is 3.41. The van der Waals surface area contributed by atoms with Crippen molar-refractivity contribution in [2.45, 2.75) is 27.2 Å². The van der Waals surface area contributed by atoms with Crippen LogP contribution in [-0.4, -0.2) is 76.8 Å². The van der Waals surface area contributed by atoms with E-state index < -0.39 is 0 Å². The van der Waals surface area contributed by atoms with Crippen LogP contribution in [0.4, 0.5) is 0 Å². The van der Waals surface area contributed by atoms with E-state index >= 15 is 0 Å². The normalized spacial score (nSPS) is 10.7. The molecule has 0 bridgehead atoms. The summed E-state index contributed by atoms with van der Waals surface area (Å²) in [7, 11) is 6.37. The topological polar surface area (TPSA) is 30.5 Å². The third kappa shape index (κ3) is 15.8. The summed E-state index contributed by atoms with van der Waals surface area (Å²) in [4.78, 5) is 4.78. The molecule has 2 N–H and O–H groups in total. The molecule has 0 aliphatic rings. The molecule has 0 unspecified atom stereocenters. The highest BCUT2D eigenvalue weighted by molar-refractivity contribution is 4.58. The zero-order valence-electron chi connectivity index (χ0n) is 13.6. The third-order valence-corrected chi connectivity index (χ3v) is 2.69. The second kappa shape index (κ2) is 16.8. The summed E-state index contributed by atoms with van der Waals surface area (Å²) in [5.41, 5.74) is 0. The van der Waals surface area contributed by atoms with Crippen LogP contribution >= 0.6 is 0 Å². The van der Waals surface area contributed by atoms with Crippen LogP contribution in [0.2, 0.25) is 0 Å². The van der Waals surface area contributed by atoms with Gasteiger partial charge in [0.1, 0.15) is 0 Å². The lowest BCUT2D eigenvalue weighted by molar-refractivity contribution is 0.256. The predicted octanol–water partition coefficient (Wildman–Crippen LogP) is 1.10. The molecule has 0 aromatic rings. The fourth-order valence-electron chi connectivity index (χ4n) is 1.56. The van der Waals surface area contributed by atoms with E-state index in [-0.39, 0.29) is 0 Å². The third-order valence-electron chi connectivity index (χ3n) is 2.69. The van der Waals surface area contributed by atoms with Gasteiger partial charge in [0, 0.05) is 39.3 Å². The number of nitrogens with one attached hydrogen (secondary N) is 2. The molecule has 0 aliphatic carbocycles. The molecule has 0 rings (SSSR count). The molecule has 18 heavy (non-hydrogen) atoms. The van der Waals surface area contributed by atoms with Crippen LogP contribution in [0.25, 0.3) is 0 Å². The van der Waals surface area contributed by atoms with Crippen LogP contribution in [0.15, 0.2) is 0 Å². The lowest BCUT2D eigenvalue weighted by Crippen LogP contribution is -2.36. The van der Waals surface area contributed by atoms with Gasteiger partial charge in [0.15, 0.2) is 0 Å². The second-order valence-electron chi connectivity index (χ2n) is 4.46. The first-order valence-corrected chi connectivity index (χ1v) is 7.43. The summed E-state index contributed by atoms with van der Waals surface area (Å²) in [5.74, 6) is 0. The minimum atomic E-state index is 1.04. The van der Waals surface area contributed by atoms with E-state index in [1.807, 2.05) is 20.9 Å². The first-order valence-electron chi connectivity index (χ1n) is 7.43. The monoisotopic (exact) mass is 260 g/mol. The Balaban J connectivity index is 0. The van der Waals surface area contributed by atoms with E-state index in [1.165, 1.54) is 19.5 Å². The van der Waals surface area contributed by atoms with E-state index in [0.29, 0.717) is 0 Å². The Hall–Kier alpha value is -0.160. The molecule has 0 radical (unpaired) electrons. The Kier molecular flexibility index (Phi) is 18.9. The molecule has 4 heteroatoms. The van der Waals surface area contributed by atoms with Crippen LogP contribution in [0.5, 0.6) is 0 Å². The SMILES string of the molecule is CC.CCCN(C)CCN(C)CCNCCNC. The fraction of sp³-hybridized carbons (Fsp3) is 1.00. The molecule has 0 aromatic heterocycles. The lowest BCUT2D eigenvalue weighted by Gasteiger charge is -2.21. The quantitative estimate of drug-likeness (QED) is 0.545. The van der Waals surface area contributed by atoms with Crippen molar-refractivity contribution in [1.29, 1.82) is 0 Å². The smallest absolute Gasteiger partial charge is 0.0107 e. The second-order valence-corrected chi connectivity index (χ2v) is 4.46. The molecule has 0 atom stereocenters. The zero-order chi connectivity index (χ0) is 14.2. The van der Waals surface area contributed by atoms with Crippen molar-refractivity contribution in [3.05, 3.63) is 0 Å². The van der Waals surface area contributed by atoms with Crippen LogP contribution in [0.3, 0.4) is 0 Å². The van der Waals surface area contributed by atoms with Gasteiger partial charge in [-0.1, -0.05) is 20.8 Å². The molecule has 0 fully saturated rings. The average molecular weight is 260 g/mol. The zero-order valence-corrected chi connectivity index (χ0v) is 13.6. The number of likely N-dealkylation sites (N-methyl/N-ethyl adjacent to an activating group) is 3. The summed E-state index contributed by atoms with van der Waals surface area (Å²) < 4.78 is 0. The van der Waals surface area contributed by atoms with Crippen molar-refractivity contribution in [3.63, 3.8) is 0 Å². The van der Waals surface area contributed by atoms with Gasteiger partial charge < -0.3 is 20.4 Å². The van der Waals surface area contributed by atoms with Gasteiger partial charge in [0.05, 0.1) is 0 Å². The number of rotatable bonds is 11. The van der Waals surface area contributed by atoms with E-state index in [9.17, 15) is 0 Å². The summed E-state index contributed by atoms with van der Waals surface area (Å²) >= 11 is 0. The van der Waals surface area contributed by atoms with Gasteiger partial charge in [-0.05, 0) is 34.1 Å². The first-order chi connectivity index (χ1) is 8.70. The van der Waals surface area contributed by atoms with E-state index in [2.05, 4.69) is 41.5 Å². The first kappa shape index (κ1) is 20.2. The Morgan fingerprint density at radius 3 is 1.83 bits per heavy atom. The van der Waals surface area contributed by atoms with Crippen molar-refractivity contribution in [3.8, 4) is 0 Å². The summed E-state index contributed by atoms with van der Waals surface area (Å²) in [5, 5.41) is 6.54. The number of nitrogens with zero attached hydrogens (tertiary/aromatic N) is 2. The van der Waals surface area contributed by atoms with Gasteiger partial charge in [-0.25, -0.2) is 0 Å². The van der Waals surface area contributed by atoms with Crippen LogP contribution < -0.4 is 10.6 Å². The molecule has 112 valence electrons. The lowest BCUT2D eigenvalue weighted by atomic mass is 10.4.